The van der Waals surface area contributed by atoms with Gasteiger partial charge in [-0.1, -0.05) is 24.3 Å². The third-order valence-electron chi connectivity index (χ3n) is 2.87. The minimum absolute atomic E-state index is 0.864. The lowest BCUT2D eigenvalue weighted by Gasteiger charge is -2.09. The van der Waals surface area contributed by atoms with Crippen LogP contribution in [0.1, 0.15) is 29.9 Å². The summed E-state index contributed by atoms with van der Waals surface area (Å²) < 4.78 is 0. The van der Waals surface area contributed by atoms with Gasteiger partial charge in [-0.15, -0.1) is 0 Å². The van der Waals surface area contributed by atoms with Gasteiger partial charge in [-0.25, -0.2) is 0 Å². The predicted octanol–water partition coefficient (Wildman–Crippen LogP) is 3.02. The first kappa shape index (κ1) is 11.0. The fraction of sp³-hybridized carbons (Fsp3) is 0.538. The first-order valence-electron chi connectivity index (χ1n) is 5.69. The zero-order chi connectivity index (χ0) is 10.5. The Morgan fingerprint density at radius 3 is 2.87 bits per heavy atom. The van der Waals surface area contributed by atoms with Gasteiger partial charge in [-0.05, 0) is 36.1 Å². The van der Waals surface area contributed by atoms with E-state index in [0.717, 1.165) is 19.0 Å². The zero-order valence-corrected chi connectivity index (χ0v) is 10.1. The van der Waals surface area contributed by atoms with Gasteiger partial charge in [0.1, 0.15) is 0 Å². The second-order valence-electron chi connectivity index (χ2n) is 4.14. The Hall–Kier alpha value is -0.470. The van der Waals surface area contributed by atoms with Crippen molar-refractivity contribution in [3.63, 3.8) is 0 Å². The van der Waals surface area contributed by atoms with E-state index in [2.05, 4.69) is 35.8 Å². The maximum absolute atomic E-state index is 3.50. The molecule has 0 heterocycles. The molecule has 15 heavy (non-hydrogen) atoms. The molecule has 1 N–H and O–H groups in total. The number of rotatable bonds is 6. The highest BCUT2D eigenvalue weighted by molar-refractivity contribution is 7.98. The second kappa shape index (κ2) is 5.57. The van der Waals surface area contributed by atoms with Crippen molar-refractivity contribution in [2.45, 2.75) is 25.3 Å². The van der Waals surface area contributed by atoms with Crippen LogP contribution in [-0.2, 0) is 6.54 Å². The molecular formula is C13H19NS. The Morgan fingerprint density at radius 1 is 1.33 bits per heavy atom. The highest BCUT2D eigenvalue weighted by Crippen LogP contribution is 2.41. The van der Waals surface area contributed by atoms with E-state index in [-0.39, 0.29) is 0 Å². The van der Waals surface area contributed by atoms with Gasteiger partial charge in [0.2, 0.25) is 0 Å². The molecule has 1 fully saturated rings. The van der Waals surface area contributed by atoms with E-state index in [1.807, 2.05) is 11.8 Å². The molecular weight excluding hydrogens is 202 g/mol. The highest BCUT2D eigenvalue weighted by atomic mass is 32.2. The van der Waals surface area contributed by atoms with E-state index in [9.17, 15) is 0 Å². The summed E-state index contributed by atoms with van der Waals surface area (Å²) in [5.41, 5.74) is 3.08. The van der Waals surface area contributed by atoms with Crippen LogP contribution < -0.4 is 5.32 Å². The molecule has 1 aliphatic carbocycles. The molecule has 1 aromatic carbocycles. The van der Waals surface area contributed by atoms with Crippen molar-refractivity contribution >= 4 is 11.8 Å². The van der Waals surface area contributed by atoms with Gasteiger partial charge in [0.25, 0.3) is 0 Å². The van der Waals surface area contributed by atoms with E-state index in [4.69, 9.17) is 0 Å². The fourth-order valence-corrected chi connectivity index (χ4v) is 2.23. The Labute approximate surface area is 96.7 Å². The number of hydrogen-bond donors (Lipinski definition) is 1. The maximum Gasteiger partial charge on any atom is 0.0208 e. The molecule has 2 heteroatoms. The van der Waals surface area contributed by atoms with E-state index in [1.165, 1.54) is 24.2 Å². The molecule has 0 atom stereocenters. The first-order valence-corrected chi connectivity index (χ1v) is 7.08. The summed E-state index contributed by atoms with van der Waals surface area (Å²) in [5.74, 6) is 2.06. The van der Waals surface area contributed by atoms with Crippen LogP contribution in [0.25, 0.3) is 0 Å². The lowest BCUT2D eigenvalue weighted by atomic mass is 10.0. The van der Waals surface area contributed by atoms with Crippen molar-refractivity contribution in [1.29, 1.82) is 0 Å². The minimum atomic E-state index is 0.864. The molecule has 0 aromatic heterocycles. The fourth-order valence-electron chi connectivity index (χ4n) is 1.89. The highest BCUT2D eigenvalue weighted by Gasteiger charge is 2.25. The maximum atomic E-state index is 3.50. The normalized spacial score (nSPS) is 15.5. The average molecular weight is 221 g/mol. The third kappa shape index (κ3) is 3.25. The molecule has 1 aromatic rings. The van der Waals surface area contributed by atoms with Crippen molar-refractivity contribution in [3.8, 4) is 0 Å². The summed E-state index contributed by atoms with van der Waals surface area (Å²) in [4.78, 5) is 0. The van der Waals surface area contributed by atoms with Gasteiger partial charge in [-0.3, -0.25) is 0 Å². The standard InChI is InChI=1S/C13H19NS/c1-15-9-8-14-10-12-4-2-3-5-13(12)11-6-7-11/h2-5,11,14H,6-10H2,1H3. The quantitative estimate of drug-likeness (QED) is 0.741. The summed E-state index contributed by atoms with van der Waals surface area (Å²) in [6.45, 7) is 2.15. The van der Waals surface area contributed by atoms with Gasteiger partial charge < -0.3 is 5.32 Å². The summed E-state index contributed by atoms with van der Waals surface area (Å²) in [6, 6.07) is 8.87. The summed E-state index contributed by atoms with van der Waals surface area (Å²) >= 11 is 1.90. The Kier molecular flexibility index (Phi) is 4.09. The second-order valence-corrected chi connectivity index (χ2v) is 5.13. The first-order chi connectivity index (χ1) is 7.42. The molecule has 1 aliphatic rings. The van der Waals surface area contributed by atoms with Gasteiger partial charge in [-0.2, -0.15) is 11.8 Å². The molecule has 0 aliphatic heterocycles. The molecule has 1 saturated carbocycles. The minimum Gasteiger partial charge on any atom is -0.312 e. The molecule has 0 spiro atoms. The van der Waals surface area contributed by atoms with Crippen LogP contribution in [0, 0.1) is 0 Å². The van der Waals surface area contributed by atoms with E-state index < -0.39 is 0 Å². The lowest BCUT2D eigenvalue weighted by molar-refractivity contribution is 0.725. The third-order valence-corrected chi connectivity index (χ3v) is 3.48. The summed E-state index contributed by atoms with van der Waals surface area (Å²) in [5, 5.41) is 3.50. The summed E-state index contributed by atoms with van der Waals surface area (Å²) in [7, 11) is 0. The number of benzene rings is 1. The van der Waals surface area contributed by atoms with Crippen LogP contribution in [0.15, 0.2) is 24.3 Å². The predicted molar refractivity (Wildman–Crippen MR) is 68.5 cm³/mol. The van der Waals surface area contributed by atoms with Crippen LogP contribution >= 0.6 is 11.8 Å². The largest absolute Gasteiger partial charge is 0.312 e. The van der Waals surface area contributed by atoms with Gasteiger partial charge >= 0.3 is 0 Å². The van der Waals surface area contributed by atoms with E-state index in [1.54, 1.807) is 5.56 Å². The van der Waals surface area contributed by atoms with Crippen molar-refractivity contribution in [3.05, 3.63) is 35.4 Å². The zero-order valence-electron chi connectivity index (χ0n) is 9.33. The Morgan fingerprint density at radius 2 is 2.13 bits per heavy atom. The van der Waals surface area contributed by atoms with Gasteiger partial charge in [0.05, 0.1) is 0 Å². The van der Waals surface area contributed by atoms with E-state index >= 15 is 0 Å². The number of nitrogens with one attached hydrogen (secondary N) is 1. The Balaban J connectivity index is 1.89. The molecule has 0 saturated heterocycles. The van der Waals surface area contributed by atoms with Crippen LogP contribution in [-0.4, -0.2) is 18.6 Å². The number of hydrogen-bond acceptors (Lipinski definition) is 2. The lowest BCUT2D eigenvalue weighted by Crippen LogP contribution is -2.17. The topological polar surface area (TPSA) is 12.0 Å². The van der Waals surface area contributed by atoms with Crippen molar-refractivity contribution in [2.75, 3.05) is 18.6 Å². The molecule has 0 bridgehead atoms. The average Bonchev–Trinajstić information content (AvgIpc) is 3.09. The van der Waals surface area contributed by atoms with Crippen LogP contribution in [0.2, 0.25) is 0 Å². The van der Waals surface area contributed by atoms with Crippen molar-refractivity contribution < 1.29 is 0 Å². The van der Waals surface area contributed by atoms with Crippen LogP contribution in [0.3, 0.4) is 0 Å². The SMILES string of the molecule is CSCCNCc1ccccc1C1CC1. The summed E-state index contributed by atoms with van der Waals surface area (Å²) in [6.07, 6.45) is 4.93. The number of thioether (sulfide) groups is 1. The monoisotopic (exact) mass is 221 g/mol. The molecule has 2 rings (SSSR count). The van der Waals surface area contributed by atoms with Crippen molar-refractivity contribution in [1.82, 2.24) is 5.32 Å². The molecule has 0 radical (unpaired) electrons. The molecule has 0 amide bonds. The molecule has 82 valence electrons. The van der Waals surface area contributed by atoms with Crippen molar-refractivity contribution in [2.24, 2.45) is 0 Å². The van der Waals surface area contributed by atoms with Gasteiger partial charge in [0.15, 0.2) is 0 Å². The van der Waals surface area contributed by atoms with Crippen LogP contribution in [0.4, 0.5) is 0 Å². The molecule has 1 nitrogen and oxygen atoms in total. The van der Waals surface area contributed by atoms with E-state index in [0.29, 0.717) is 0 Å². The molecule has 0 unspecified atom stereocenters. The Bertz CT molecular complexity index is 307. The smallest absolute Gasteiger partial charge is 0.0208 e. The van der Waals surface area contributed by atoms with Crippen LogP contribution in [0.5, 0.6) is 0 Å². The van der Waals surface area contributed by atoms with Gasteiger partial charge in [0, 0.05) is 18.8 Å².